The zero-order valence-corrected chi connectivity index (χ0v) is 19.1. The first kappa shape index (κ1) is 25.5. The van der Waals surface area contributed by atoms with E-state index in [4.69, 9.17) is 4.74 Å². The van der Waals surface area contributed by atoms with Crippen molar-refractivity contribution in [2.75, 3.05) is 13.1 Å². The molecule has 0 radical (unpaired) electrons. The van der Waals surface area contributed by atoms with Crippen LogP contribution < -0.4 is 20.7 Å². The third-order valence-corrected chi connectivity index (χ3v) is 5.65. The van der Waals surface area contributed by atoms with Crippen LogP contribution in [0.5, 0.6) is 5.75 Å². The molecule has 34 heavy (non-hydrogen) atoms. The number of ether oxygens (including phenoxy) is 1. The van der Waals surface area contributed by atoms with Crippen molar-refractivity contribution < 1.29 is 27.5 Å². The topological polar surface area (TPSA) is 92.3 Å². The van der Waals surface area contributed by atoms with Crippen LogP contribution in [0.3, 0.4) is 0 Å². The Morgan fingerprint density at radius 1 is 1.21 bits per heavy atom. The van der Waals surface area contributed by atoms with Crippen LogP contribution >= 0.6 is 0 Å². The molecule has 3 atom stereocenters. The lowest BCUT2D eigenvalue weighted by Gasteiger charge is -2.27. The second kappa shape index (κ2) is 11.3. The minimum atomic E-state index is -5.00. The SMILES string of the molecule is CCc1ccc(C(Oc2ccc(C(=O)N[C@H]3CCCNC3)nc2)C(C)NC(=O)C(F)(F)F)cc1. The van der Waals surface area contributed by atoms with Gasteiger partial charge in [-0.25, -0.2) is 4.98 Å². The number of nitrogens with zero attached hydrogens (tertiary/aromatic N) is 1. The normalized spacial score (nSPS) is 18.0. The zero-order valence-electron chi connectivity index (χ0n) is 19.1. The number of alkyl halides is 3. The maximum atomic E-state index is 12.8. The van der Waals surface area contributed by atoms with E-state index in [0.29, 0.717) is 12.1 Å². The Morgan fingerprint density at radius 3 is 2.50 bits per heavy atom. The number of carbonyl (C=O) groups is 2. The van der Waals surface area contributed by atoms with E-state index in [1.807, 2.05) is 24.4 Å². The number of pyridine rings is 1. The van der Waals surface area contributed by atoms with Gasteiger partial charge in [-0.3, -0.25) is 9.59 Å². The molecule has 2 unspecified atom stereocenters. The monoisotopic (exact) mass is 478 g/mol. The summed E-state index contributed by atoms with van der Waals surface area (Å²) in [7, 11) is 0. The first-order valence-corrected chi connectivity index (χ1v) is 11.3. The second-order valence-electron chi connectivity index (χ2n) is 8.29. The van der Waals surface area contributed by atoms with E-state index in [9.17, 15) is 22.8 Å². The predicted octanol–water partition coefficient (Wildman–Crippen LogP) is 3.31. The van der Waals surface area contributed by atoms with Gasteiger partial charge in [0.2, 0.25) is 0 Å². The van der Waals surface area contributed by atoms with Crippen LogP contribution in [0.15, 0.2) is 42.6 Å². The van der Waals surface area contributed by atoms with Crippen molar-refractivity contribution in [3.05, 3.63) is 59.4 Å². The van der Waals surface area contributed by atoms with Crippen molar-refractivity contribution in [3.8, 4) is 5.75 Å². The van der Waals surface area contributed by atoms with Crippen molar-refractivity contribution in [2.24, 2.45) is 0 Å². The maximum Gasteiger partial charge on any atom is 0.471 e. The Labute approximate surface area is 196 Å². The van der Waals surface area contributed by atoms with E-state index < -0.39 is 24.2 Å². The first-order chi connectivity index (χ1) is 16.2. The van der Waals surface area contributed by atoms with Crippen LogP contribution in [-0.2, 0) is 11.2 Å². The van der Waals surface area contributed by atoms with Gasteiger partial charge in [0.25, 0.3) is 5.91 Å². The number of hydrogen-bond donors (Lipinski definition) is 3. The molecule has 2 aromatic rings. The molecular weight excluding hydrogens is 449 g/mol. The van der Waals surface area contributed by atoms with Gasteiger partial charge in [0, 0.05) is 12.6 Å². The summed E-state index contributed by atoms with van der Waals surface area (Å²) >= 11 is 0. The number of amides is 2. The number of aryl methyl sites for hydroxylation is 1. The van der Waals surface area contributed by atoms with Gasteiger partial charge in [0.1, 0.15) is 17.5 Å². The molecule has 0 bridgehead atoms. The molecule has 2 amide bonds. The highest BCUT2D eigenvalue weighted by Gasteiger charge is 2.40. The van der Waals surface area contributed by atoms with Gasteiger partial charge in [-0.1, -0.05) is 31.2 Å². The molecule has 1 aromatic carbocycles. The molecule has 0 spiro atoms. The fourth-order valence-electron chi connectivity index (χ4n) is 3.73. The summed E-state index contributed by atoms with van der Waals surface area (Å²) in [6.07, 6.45) is -1.90. The zero-order chi connectivity index (χ0) is 24.7. The molecule has 1 aliphatic heterocycles. The minimum absolute atomic E-state index is 0.0348. The third kappa shape index (κ3) is 6.93. The van der Waals surface area contributed by atoms with Crippen molar-refractivity contribution in [2.45, 2.75) is 57.5 Å². The Kier molecular flexibility index (Phi) is 8.49. The lowest BCUT2D eigenvalue weighted by atomic mass is 10.0. The van der Waals surface area contributed by atoms with Crippen molar-refractivity contribution in [1.82, 2.24) is 20.9 Å². The fourth-order valence-corrected chi connectivity index (χ4v) is 3.73. The summed E-state index contributed by atoms with van der Waals surface area (Å²) < 4.78 is 44.3. The minimum Gasteiger partial charge on any atom is -0.482 e. The standard InChI is InChI=1S/C24H29F3N4O3/c1-3-16-6-8-17(9-7-16)21(15(2)30-23(33)24(25,26)27)34-19-10-11-20(29-14-19)22(32)31-18-5-4-12-28-13-18/h6-11,14-15,18,21,28H,3-5,12-13H2,1-2H3,(H,30,33)(H,31,32)/t15?,18-,21?/m0/s1. The van der Waals surface area contributed by atoms with E-state index in [0.717, 1.165) is 31.4 Å². The molecular formula is C24H29F3N4O3. The van der Waals surface area contributed by atoms with Gasteiger partial charge in [-0.2, -0.15) is 13.2 Å². The molecule has 7 nitrogen and oxygen atoms in total. The summed E-state index contributed by atoms with van der Waals surface area (Å²) in [6.45, 7) is 5.06. The molecule has 1 fully saturated rings. The molecule has 1 aliphatic rings. The molecule has 10 heteroatoms. The Morgan fingerprint density at radius 2 is 1.94 bits per heavy atom. The van der Waals surface area contributed by atoms with Gasteiger partial charge >= 0.3 is 12.1 Å². The van der Waals surface area contributed by atoms with Crippen molar-refractivity contribution in [1.29, 1.82) is 0 Å². The quantitative estimate of drug-likeness (QED) is 0.542. The van der Waals surface area contributed by atoms with Crippen molar-refractivity contribution in [3.63, 3.8) is 0 Å². The van der Waals surface area contributed by atoms with Gasteiger partial charge in [-0.05, 0) is 56.0 Å². The fraction of sp³-hybridized carbons (Fsp3) is 0.458. The first-order valence-electron chi connectivity index (χ1n) is 11.3. The average Bonchev–Trinajstić information content (AvgIpc) is 2.83. The molecule has 2 heterocycles. The third-order valence-electron chi connectivity index (χ3n) is 5.65. The number of carbonyl (C=O) groups excluding carboxylic acids is 2. The van der Waals surface area contributed by atoms with E-state index in [2.05, 4.69) is 15.6 Å². The van der Waals surface area contributed by atoms with Crippen LogP contribution in [-0.4, -0.2) is 48.1 Å². The molecule has 1 aromatic heterocycles. The number of hydrogen-bond acceptors (Lipinski definition) is 5. The largest absolute Gasteiger partial charge is 0.482 e. The number of aromatic nitrogens is 1. The van der Waals surface area contributed by atoms with Crippen LogP contribution in [0, 0.1) is 0 Å². The number of piperidine rings is 1. The average molecular weight is 479 g/mol. The van der Waals surface area contributed by atoms with E-state index in [1.165, 1.54) is 25.3 Å². The Balaban J connectivity index is 1.74. The maximum absolute atomic E-state index is 12.8. The summed E-state index contributed by atoms with van der Waals surface area (Å²) in [5.41, 5.74) is 1.86. The lowest BCUT2D eigenvalue weighted by molar-refractivity contribution is -0.174. The van der Waals surface area contributed by atoms with Crippen LogP contribution in [0.4, 0.5) is 13.2 Å². The molecule has 1 saturated heterocycles. The second-order valence-corrected chi connectivity index (χ2v) is 8.29. The smallest absolute Gasteiger partial charge is 0.471 e. The highest BCUT2D eigenvalue weighted by molar-refractivity contribution is 5.92. The molecule has 184 valence electrons. The highest BCUT2D eigenvalue weighted by Crippen LogP contribution is 2.26. The Hall–Kier alpha value is -3.14. The number of nitrogens with one attached hydrogen (secondary N) is 3. The van der Waals surface area contributed by atoms with Crippen molar-refractivity contribution >= 4 is 11.8 Å². The van der Waals surface area contributed by atoms with Crippen LogP contribution in [0.2, 0.25) is 0 Å². The van der Waals surface area contributed by atoms with Gasteiger partial charge in [0.15, 0.2) is 0 Å². The molecule has 0 saturated carbocycles. The van der Waals surface area contributed by atoms with Crippen LogP contribution in [0.25, 0.3) is 0 Å². The predicted molar refractivity (Wildman–Crippen MR) is 120 cm³/mol. The number of halogens is 3. The van der Waals surface area contributed by atoms with E-state index in [1.54, 1.807) is 12.1 Å². The number of rotatable bonds is 8. The summed E-state index contributed by atoms with van der Waals surface area (Å²) in [5.74, 6) is -2.09. The molecule has 3 rings (SSSR count). The van der Waals surface area contributed by atoms with Gasteiger partial charge < -0.3 is 20.7 Å². The van der Waals surface area contributed by atoms with Gasteiger partial charge in [0.05, 0.1) is 12.2 Å². The van der Waals surface area contributed by atoms with E-state index >= 15 is 0 Å². The summed E-state index contributed by atoms with van der Waals surface area (Å²) in [6, 6.07) is 9.30. The molecule has 3 N–H and O–H groups in total. The Bertz CT molecular complexity index is 959. The highest BCUT2D eigenvalue weighted by atomic mass is 19.4. The summed E-state index contributed by atoms with van der Waals surface area (Å²) in [4.78, 5) is 28.1. The van der Waals surface area contributed by atoms with Crippen LogP contribution in [0.1, 0.15) is 54.4 Å². The summed E-state index contributed by atoms with van der Waals surface area (Å²) in [5, 5.41) is 8.11. The molecule has 0 aliphatic carbocycles. The van der Waals surface area contributed by atoms with Gasteiger partial charge in [-0.15, -0.1) is 0 Å². The lowest BCUT2D eigenvalue weighted by Crippen LogP contribution is -2.45. The number of benzene rings is 1. The van der Waals surface area contributed by atoms with E-state index in [-0.39, 0.29) is 23.4 Å².